The third-order valence-electron chi connectivity index (χ3n) is 5.00. The summed E-state index contributed by atoms with van der Waals surface area (Å²) in [6, 6.07) is 0.842. The van der Waals surface area contributed by atoms with Gasteiger partial charge in [-0.05, 0) is 51.7 Å². The molecule has 0 aromatic carbocycles. The number of nitrogens with zero attached hydrogens (tertiary/aromatic N) is 2. The van der Waals surface area contributed by atoms with E-state index in [0.29, 0.717) is 5.54 Å². The Kier molecular flexibility index (Phi) is 2.31. The number of piperidine rings is 3. The molecule has 3 saturated heterocycles. The first kappa shape index (κ1) is 10.1. The van der Waals surface area contributed by atoms with Gasteiger partial charge in [0, 0.05) is 24.7 Å². The maximum absolute atomic E-state index is 6.12. The summed E-state index contributed by atoms with van der Waals surface area (Å²) in [6.45, 7) is 4.69. The van der Waals surface area contributed by atoms with Crippen molar-refractivity contribution in [2.45, 2.75) is 37.3 Å². The molecular formula is C12H23N3. The van der Waals surface area contributed by atoms with Crippen molar-refractivity contribution in [3.63, 3.8) is 0 Å². The first-order valence-corrected chi connectivity index (χ1v) is 6.41. The molecule has 4 aliphatic rings. The second kappa shape index (κ2) is 3.44. The van der Waals surface area contributed by atoms with E-state index in [1.807, 2.05) is 0 Å². The fraction of sp³-hybridized carbons (Fsp3) is 1.00. The van der Waals surface area contributed by atoms with Crippen molar-refractivity contribution in [3.05, 3.63) is 0 Å². The number of hydrogen-bond acceptors (Lipinski definition) is 3. The van der Waals surface area contributed by atoms with Crippen molar-refractivity contribution in [3.8, 4) is 0 Å². The van der Waals surface area contributed by atoms with Gasteiger partial charge in [0.05, 0.1) is 0 Å². The predicted octanol–water partition coefficient (Wildman–Crippen LogP) is 0.504. The third-order valence-corrected chi connectivity index (χ3v) is 5.00. The highest BCUT2D eigenvalue weighted by atomic mass is 15.3. The fourth-order valence-corrected chi connectivity index (χ4v) is 3.74. The van der Waals surface area contributed by atoms with E-state index in [2.05, 4.69) is 16.8 Å². The Morgan fingerprint density at radius 3 is 2.33 bits per heavy atom. The summed E-state index contributed by atoms with van der Waals surface area (Å²) in [5, 5.41) is 0. The molecule has 0 aromatic heterocycles. The molecular weight excluding hydrogens is 186 g/mol. The maximum atomic E-state index is 6.12. The van der Waals surface area contributed by atoms with Crippen LogP contribution in [0.15, 0.2) is 0 Å². The van der Waals surface area contributed by atoms with E-state index in [1.165, 1.54) is 45.3 Å². The minimum Gasteiger partial charge on any atom is -0.329 e. The lowest BCUT2D eigenvalue weighted by Gasteiger charge is -2.57. The van der Waals surface area contributed by atoms with Crippen LogP contribution in [0.25, 0.3) is 0 Å². The van der Waals surface area contributed by atoms with Gasteiger partial charge in [-0.15, -0.1) is 0 Å². The van der Waals surface area contributed by atoms with Crippen molar-refractivity contribution in [2.24, 2.45) is 11.7 Å². The monoisotopic (exact) mass is 209 g/mol. The van der Waals surface area contributed by atoms with Gasteiger partial charge < -0.3 is 10.6 Å². The second-order valence-electron chi connectivity index (χ2n) is 5.70. The molecule has 0 radical (unpaired) electrons. The van der Waals surface area contributed by atoms with E-state index < -0.39 is 0 Å². The largest absolute Gasteiger partial charge is 0.329 e. The Morgan fingerprint density at radius 2 is 1.93 bits per heavy atom. The summed E-state index contributed by atoms with van der Waals surface area (Å²) in [5.74, 6) is 0.859. The van der Waals surface area contributed by atoms with E-state index in [1.54, 1.807) is 0 Å². The molecule has 1 unspecified atom stereocenters. The topological polar surface area (TPSA) is 32.5 Å². The lowest BCUT2D eigenvalue weighted by molar-refractivity contribution is -0.0596. The molecule has 3 nitrogen and oxygen atoms in total. The third kappa shape index (κ3) is 1.44. The van der Waals surface area contributed by atoms with Crippen LogP contribution in [0, 0.1) is 5.92 Å². The minimum absolute atomic E-state index is 0.317. The first-order chi connectivity index (χ1) is 7.26. The molecule has 2 bridgehead atoms. The SMILES string of the molecule is CN(C1CC1)C1(CN)CN2CCC1CC2. The van der Waals surface area contributed by atoms with Crippen LogP contribution in [0.1, 0.15) is 25.7 Å². The normalized spacial score (nSPS) is 45.0. The highest BCUT2D eigenvalue weighted by molar-refractivity contribution is 5.08. The van der Waals surface area contributed by atoms with Gasteiger partial charge in [0.15, 0.2) is 0 Å². The van der Waals surface area contributed by atoms with Crippen LogP contribution in [0.3, 0.4) is 0 Å². The molecule has 86 valence electrons. The smallest absolute Gasteiger partial charge is 0.0487 e. The standard InChI is InChI=1S/C12H23N3/c1-14(11-2-3-11)12(8-13)9-15-6-4-10(12)5-7-15/h10-11H,2-9,13H2,1H3. The molecule has 3 heteroatoms. The molecule has 1 aliphatic carbocycles. The predicted molar refractivity (Wildman–Crippen MR) is 61.7 cm³/mol. The first-order valence-electron chi connectivity index (χ1n) is 6.41. The van der Waals surface area contributed by atoms with Crippen molar-refractivity contribution < 1.29 is 0 Å². The van der Waals surface area contributed by atoms with Crippen molar-refractivity contribution in [2.75, 3.05) is 33.2 Å². The van der Waals surface area contributed by atoms with Gasteiger partial charge >= 0.3 is 0 Å². The van der Waals surface area contributed by atoms with Crippen LogP contribution in [0.4, 0.5) is 0 Å². The van der Waals surface area contributed by atoms with Gasteiger partial charge in [0.25, 0.3) is 0 Å². The zero-order valence-corrected chi connectivity index (χ0v) is 9.78. The summed E-state index contributed by atoms with van der Waals surface area (Å²) in [4.78, 5) is 5.24. The summed E-state index contributed by atoms with van der Waals surface area (Å²) in [6.07, 6.45) is 5.53. The van der Waals surface area contributed by atoms with Crippen LogP contribution in [-0.2, 0) is 0 Å². The van der Waals surface area contributed by atoms with Gasteiger partial charge in [0.2, 0.25) is 0 Å². The number of nitrogens with two attached hydrogens (primary N) is 1. The average Bonchev–Trinajstić information content (AvgIpc) is 3.13. The van der Waals surface area contributed by atoms with E-state index >= 15 is 0 Å². The Labute approximate surface area is 92.6 Å². The summed E-state index contributed by atoms with van der Waals surface area (Å²) < 4.78 is 0. The lowest BCUT2D eigenvalue weighted by atomic mass is 9.71. The van der Waals surface area contributed by atoms with E-state index in [0.717, 1.165) is 18.5 Å². The van der Waals surface area contributed by atoms with E-state index in [4.69, 9.17) is 5.73 Å². The zero-order chi connectivity index (χ0) is 10.5. The molecule has 3 aliphatic heterocycles. The van der Waals surface area contributed by atoms with Crippen LogP contribution in [0.5, 0.6) is 0 Å². The molecule has 4 fully saturated rings. The highest BCUT2D eigenvalue weighted by Crippen LogP contribution is 2.42. The van der Waals surface area contributed by atoms with E-state index in [-0.39, 0.29) is 0 Å². The molecule has 0 amide bonds. The summed E-state index contributed by atoms with van der Waals surface area (Å²) in [7, 11) is 2.31. The van der Waals surface area contributed by atoms with Crippen molar-refractivity contribution >= 4 is 0 Å². The van der Waals surface area contributed by atoms with Crippen LogP contribution < -0.4 is 5.73 Å². The molecule has 3 heterocycles. The Hall–Kier alpha value is -0.120. The molecule has 15 heavy (non-hydrogen) atoms. The maximum Gasteiger partial charge on any atom is 0.0487 e. The average molecular weight is 209 g/mol. The number of rotatable bonds is 3. The van der Waals surface area contributed by atoms with Gasteiger partial charge in [-0.25, -0.2) is 0 Å². The van der Waals surface area contributed by atoms with Crippen molar-refractivity contribution in [1.82, 2.24) is 9.80 Å². The Balaban J connectivity index is 1.84. The number of fused-ring (bicyclic) bond motifs is 3. The number of hydrogen-bond donors (Lipinski definition) is 1. The summed E-state index contributed by atoms with van der Waals surface area (Å²) in [5.41, 5.74) is 6.44. The summed E-state index contributed by atoms with van der Waals surface area (Å²) >= 11 is 0. The fourth-order valence-electron chi connectivity index (χ4n) is 3.74. The van der Waals surface area contributed by atoms with Crippen molar-refractivity contribution in [1.29, 1.82) is 0 Å². The number of likely N-dealkylation sites (N-methyl/N-ethyl adjacent to an activating group) is 1. The van der Waals surface area contributed by atoms with Crippen LogP contribution in [0.2, 0.25) is 0 Å². The zero-order valence-electron chi connectivity index (χ0n) is 9.78. The quantitative estimate of drug-likeness (QED) is 0.735. The van der Waals surface area contributed by atoms with Gasteiger partial charge in [-0.1, -0.05) is 0 Å². The highest BCUT2D eigenvalue weighted by Gasteiger charge is 2.51. The Morgan fingerprint density at radius 1 is 1.27 bits per heavy atom. The minimum atomic E-state index is 0.317. The Bertz CT molecular complexity index is 239. The molecule has 2 N–H and O–H groups in total. The second-order valence-corrected chi connectivity index (χ2v) is 5.70. The molecule has 1 atom stereocenters. The van der Waals surface area contributed by atoms with Crippen LogP contribution in [-0.4, -0.2) is 54.6 Å². The lowest BCUT2D eigenvalue weighted by Crippen LogP contribution is -2.69. The van der Waals surface area contributed by atoms with Gasteiger partial charge in [-0.3, -0.25) is 4.90 Å². The molecule has 4 rings (SSSR count). The molecule has 0 aromatic rings. The van der Waals surface area contributed by atoms with Crippen LogP contribution >= 0.6 is 0 Å². The van der Waals surface area contributed by atoms with E-state index in [9.17, 15) is 0 Å². The van der Waals surface area contributed by atoms with Gasteiger partial charge in [-0.2, -0.15) is 0 Å². The molecule has 1 saturated carbocycles. The molecule has 0 spiro atoms. The van der Waals surface area contributed by atoms with Gasteiger partial charge in [0.1, 0.15) is 0 Å².